The fraction of sp³-hybridized carbons (Fsp3) is 0.250. The van der Waals surface area contributed by atoms with Crippen LogP contribution in [0.5, 0.6) is 5.75 Å². The van der Waals surface area contributed by atoms with Gasteiger partial charge in [-0.15, -0.1) is 0 Å². The zero-order valence-electron chi connectivity index (χ0n) is 7.06. The summed E-state index contributed by atoms with van der Waals surface area (Å²) >= 11 is 0. The summed E-state index contributed by atoms with van der Waals surface area (Å²) in [4.78, 5) is 10.6. The Morgan fingerprint density at radius 2 is 2.46 bits per heavy atom. The highest BCUT2D eigenvalue weighted by Crippen LogP contribution is 2.13. The smallest absolute Gasteiger partial charge is 0.406 e. The van der Waals surface area contributed by atoms with E-state index in [2.05, 4.69) is 0 Å². The SMILES string of the molecule is CCOc1ccc[n+]([O-])c1C(=O)O. The quantitative estimate of drug-likeness (QED) is 0.544. The van der Waals surface area contributed by atoms with E-state index < -0.39 is 5.97 Å². The number of hydrogen-bond acceptors (Lipinski definition) is 3. The molecular weight excluding hydrogens is 174 g/mol. The van der Waals surface area contributed by atoms with Crippen LogP contribution in [0.3, 0.4) is 0 Å². The van der Waals surface area contributed by atoms with Crippen LogP contribution in [0.15, 0.2) is 18.3 Å². The first-order valence-electron chi connectivity index (χ1n) is 3.75. The number of pyridine rings is 1. The van der Waals surface area contributed by atoms with Crippen molar-refractivity contribution in [3.05, 3.63) is 29.2 Å². The van der Waals surface area contributed by atoms with Crippen LogP contribution < -0.4 is 9.47 Å². The molecule has 0 saturated carbocycles. The van der Waals surface area contributed by atoms with E-state index in [1.807, 2.05) is 0 Å². The van der Waals surface area contributed by atoms with Gasteiger partial charge in [-0.2, -0.15) is 4.73 Å². The molecule has 70 valence electrons. The number of rotatable bonds is 3. The maximum absolute atomic E-state index is 11.0. The van der Waals surface area contributed by atoms with Gasteiger partial charge in [-0.1, -0.05) is 0 Å². The van der Waals surface area contributed by atoms with Crippen molar-refractivity contribution in [2.75, 3.05) is 6.61 Å². The maximum Gasteiger partial charge on any atom is 0.406 e. The third-order valence-corrected chi connectivity index (χ3v) is 1.43. The van der Waals surface area contributed by atoms with Crippen molar-refractivity contribution in [2.24, 2.45) is 0 Å². The molecule has 0 radical (unpaired) electrons. The van der Waals surface area contributed by atoms with Crippen molar-refractivity contribution in [2.45, 2.75) is 6.92 Å². The summed E-state index contributed by atoms with van der Waals surface area (Å²) in [6.45, 7) is 2.04. The van der Waals surface area contributed by atoms with Gasteiger partial charge in [-0.05, 0) is 13.0 Å². The molecular formula is C8H9NO4. The molecule has 0 aromatic carbocycles. The van der Waals surface area contributed by atoms with Crippen molar-refractivity contribution >= 4 is 5.97 Å². The number of ether oxygens (including phenoxy) is 1. The molecule has 1 heterocycles. The summed E-state index contributed by atoms with van der Waals surface area (Å²) in [5.74, 6) is -1.20. The number of carbonyl (C=O) groups is 1. The Labute approximate surface area is 74.8 Å². The molecule has 0 atom stereocenters. The number of carboxylic acids is 1. The highest BCUT2D eigenvalue weighted by molar-refractivity contribution is 5.86. The second kappa shape index (κ2) is 3.75. The summed E-state index contributed by atoms with van der Waals surface area (Å²) in [7, 11) is 0. The molecule has 0 saturated heterocycles. The number of hydrogen-bond donors (Lipinski definition) is 1. The van der Waals surface area contributed by atoms with Gasteiger partial charge in [0, 0.05) is 6.07 Å². The highest BCUT2D eigenvalue weighted by Gasteiger charge is 2.21. The predicted molar refractivity (Wildman–Crippen MR) is 43.5 cm³/mol. The second-order valence-corrected chi connectivity index (χ2v) is 2.29. The zero-order chi connectivity index (χ0) is 9.84. The molecule has 0 amide bonds. The van der Waals surface area contributed by atoms with Crippen LogP contribution in [0, 0.1) is 5.21 Å². The molecule has 0 bridgehead atoms. The first-order valence-corrected chi connectivity index (χ1v) is 3.75. The van der Waals surface area contributed by atoms with Crippen LogP contribution in [0.1, 0.15) is 17.4 Å². The third-order valence-electron chi connectivity index (χ3n) is 1.43. The lowest BCUT2D eigenvalue weighted by molar-refractivity contribution is -0.608. The van der Waals surface area contributed by atoms with Gasteiger partial charge in [0.2, 0.25) is 0 Å². The Kier molecular flexibility index (Phi) is 2.69. The Balaban J connectivity index is 3.17. The minimum absolute atomic E-state index is 0.0903. The Morgan fingerprint density at radius 1 is 1.77 bits per heavy atom. The minimum atomic E-state index is -1.29. The lowest BCUT2D eigenvalue weighted by Crippen LogP contribution is -2.34. The van der Waals surface area contributed by atoms with E-state index in [0.29, 0.717) is 6.61 Å². The summed E-state index contributed by atoms with van der Waals surface area (Å²) in [6, 6.07) is 2.88. The molecule has 0 aliphatic rings. The van der Waals surface area contributed by atoms with Gasteiger partial charge < -0.3 is 15.1 Å². The molecule has 5 heteroatoms. The topological polar surface area (TPSA) is 73.5 Å². The van der Waals surface area contributed by atoms with Crippen LogP contribution in [-0.4, -0.2) is 17.7 Å². The van der Waals surface area contributed by atoms with Gasteiger partial charge in [0.25, 0.3) is 0 Å². The summed E-state index contributed by atoms with van der Waals surface area (Å²) in [5, 5.41) is 19.7. The van der Waals surface area contributed by atoms with Gasteiger partial charge in [0.1, 0.15) is 0 Å². The van der Waals surface area contributed by atoms with Gasteiger partial charge in [0.15, 0.2) is 11.9 Å². The number of aromatic nitrogens is 1. The van der Waals surface area contributed by atoms with Crippen molar-refractivity contribution in [1.82, 2.24) is 0 Å². The highest BCUT2D eigenvalue weighted by atomic mass is 16.5. The fourth-order valence-corrected chi connectivity index (χ4v) is 0.942. The van der Waals surface area contributed by atoms with Gasteiger partial charge in [0.05, 0.1) is 6.61 Å². The fourth-order valence-electron chi connectivity index (χ4n) is 0.942. The summed E-state index contributed by atoms with van der Waals surface area (Å²) in [6.07, 6.45) is 1.12. The predicted octanol–water partition coefficient (Wildman–Crippen LogP) is 0.417. The van der Waals surface area contributed by atoms with Crippen LogP contribution in [-0.2, 0) is 0 Å². The largest absolute Gasteiger partial charge is 0.618 e. The molecule has 5 nitrogen and oxygen atoms in total. The standard InChI is InChI=1S/C8H9NO4/c1-2-13-6-4-3-5-9(12)7(6)8(10)11/h3-5H,2H2,1H3,(H,10,11). The van der Waals surface area contributed by atoms with Crippen LogP contribution >= 0.6 is 0 Å². The molecule has 0 aliphatic carbocycles. The second-order valence-electron chi connectivity index (χ2n) is 2.29. The monoisotopic (exact) mass is 183 g/mol. The molecule has 1 aromatic rings. The molecule has 0 unspecified atom stereocenters. The molecule has 0 fully saturated rings. The van der Waals surface area contributed by atoms with E-state index in [1.165, 1.54) is 12.1 Å². The van der Waals surface area contributed by atoms with E-state index in [9.17, 15) is 10.0 Å². The maximum atomic E-state index is 11.0. The number of carboxylic acid groups (broad SMARTS) is 1. The Morgan fingerprint density at radius 3 is 3.00 bits per heavy atom. The summed E-state index contributed by atoms with van der Waals surface area (Å²) < 4.78 is 5.25. The van der Waals surface area contributed by atoms with Crippen molar-refractivity contribution in [3.63, 3.8) is 0 Å². The Bertz CT molecular complexity index is 324. The van der Waals surface area contributed by atoms with Crippen molar-refractivity contribution in [1.29, 1.82) is 0 Å². The average molecular weight is 183 g/mol. The lowest BCUT2D eigenvalue weighted by atomic mass is 10.3. The van der Waals surface area contributed by atoms with Crippen LogP contribution in [0.4, 0.5) is 0 Å². The van der Waals surface area contributed by atoms with Crippen molar-refractivity contribution in [3.8, 4) is 5.75 Å². The van der Waals surface area contributed by atoms with E-state index in [4.69, 9.17) is 9.84 Å². The molecule has 1 rings (SSSR count). The summed E-state index contributed by atoms with van der Waals surface area (Å²) in [5.41, 5.74) is -0.385. The first kappa shape index (κ1) is 9.31. The lowest BCUT2D eigenvalue weighted by Gasteiger charge is -2.05. The van der Waals surface area contributed by atoms with Crippen molar-refractivity contribution < 1.29 is 19.4 Å². The molecule has 0 aliphatic heterocycles. The van der Waals surface area contributed by atoms with E-state index in [-0.39, 0.29) is 16.2 Å². The molecule has 1 aromatic heterocycles. The zero-order valence-corrected chi connectivity index (χ0v) is 7.06. The normalized spacial score (nSPS) is 9.62. The van der Waals surface area contributed by atoms with E-state index in [1.54, 1.807) is 6.92 Å². The van der Waals surface area contributed by atoms with Crippen LogP contribution in [0.2, 0.25) is 0 Å². The van der Waals surface area contributed by atoms with E-state index in [0.717, 1.165) is 6.20 Å². The first-order chi connectivity index (χ1) is 6.16. The number of aromatic carboxylic acids is 1. The molecule has 13 heavy (non-hydrogen) atoms. The van der Waals surface area contributed by atoms with Crippen LogP contribution in [0.25, 0.3) is 0 Å². The third kappa shape index (κ3) is 1.87. The molecule has 0 spiro atoms. The van der Waals surface area contributed by atoms with Gasteiger partial charge in [-0.25, -0.2) is 4.79 Å². The number of nitrogens with zero attached hydrogens (tertiary/aromatic N) is 1. The van der Waals surface area contributed by atoms with Gasteiger partial charge in [-0.3, -0.25) is 0 Å². The van der Waals surface area contributed by atoms with Gasteiger partial charge >= 0.3 is 11.7 Å². The Hall–Kier alpha value is -1.78. The minimum Gasteiger partial charge on any atom is -0.618 e. The average Bonchev–Trinajstić information content (AvgIpc) is 2.04. The van der Waals surface area contributed by atoms with E-state index >= 15 is 0 Å². The molecule has 1 N–H and O–H groups in total.